The first-order valence-electron chi connectivity index (χ1n) is 8.77. The van der Waals surface area contributed by atoms with E-state index >= 15 is 0 Å². The van der Waals surface area contributed by atoms with Gasteiger partial charge in [0.15, 0.2) is 11.5 Å². The van der Waals surface area contributed by atoms with Crippen molar-refractivity contribution in [1.29, 1.82) is 0 Å². The van der Waals surface area contributed by atoms with Crippen LogP contribution in [0.1, 0.15) is 16.1 Å². The molecule has 0 bridgehead atoms. The van der Waals surface area contributed by atoms with Gasteiger partial charge in [0, 0.05) is 26.6 Å². The van der Waals surface area contributed by atoms with E-state index in [0.29, 0.717) is 30.3 Å². The molecule has 2 aromatic carbocycles. The molecule has 7 nitrogen and oxygen atoms in total. The third kappa shape index (κ3) is 3.43. The van der Waals surface area contributed by atoms with Crippen LogP contribution < -0.4 is 20.3 Å². The Hall–Kier alpha value is -3.00. The Morgan fingerprint density at radius 1 is 1.07 bits per heavy atom. The number of amides is 2. The van der Waals surface area contributed by atoms with E-state index in [-0.39, 0.29) is 12.5 Å². The quantitative estimate of drug-likeness (QED) is 0.609. The molecule has 0 saturated heterocycles. The molecule has 2 amide bonds. The lowest BCUT2D eigenvalue weighted by molar-refractivity contribution is -0.122. The summed E-state index contributed by atoms with van der Waals surface area (Å²) in [7, 11) is 0. The summed E-state index contributed by atoms with van der Waals surface area (Å²) in [5.41, 5.74) is 7.16. The van der Waals surface area contributed by atoms with Crippen molar-refractivity contribution in [2.75, 3.05) is 13.2 Å². The maximum Gasteiger partial charge on any atom is 0.269 e. The molecule has 0 atom stereocenters. The lowest BCUT2D eigenvalue weighted by Gasteiger charge is -2.18. The number of nitrogens with zero attached hydrogens (tertiary/aromatic N) is 1. The van der Waals surface area contributed by atoms with Crippen LogP contribution in [0.2, 0.25) is 0 Å². The average molecular weight is 444 g/mol. The van der Waals surface area contributed by atoms with Crippen molar-refractivity contribution in [3.8, 4) is 11.5 Å². The number of halogens is 1. The summed E-state index contributed by atoms with van der Waals surface area (Å²) in [4.78, 5) is 24.7. The second kappa shape index (κ2) is 7.55. The molecule has 3 aromatic rings. The molecule has 0 unspecified atom stereocenters. The Balaban J connectivity index is 1.42. The molecule has 144 valence electrons. The van der Waals surface area contributed by atoms with Gasteiger partial charge in [0.2, 0.25) is 0 Å². The first kappa shape index (κ1) is 18.4. The van der Waals surface area contributed by atoms with Crippen molar-refractivity contribution in [1.82, 2.24) is 15.4 Å². The minimum absolute atomic E-state index is 0.0827. The summed E-state index contributed by atoms with van der Waals surface area (Å²) in [6.45, 7) is 2.94. The van der Waals surface area contributed by atoms with Crippen LogP contribution in [0.15, 0.2) is 46.9 Å². The van der Waals surface area contributed by atoms with Gasteiger partial charge in [-0.2, -0.15) is 0 Å². The van der Waals surface area contributed by atoms with Crippen molar-refractivity contribution in [2.24, 2.45) is 0 Å². The molecule has 28 heavy (non-hydrogen) atoms. The van der Waals surface area contributed by atoms with Crippen LogP contribution in [0.3, 0.4) is 0 Å². The Bertz CT molecular complexity index is 1080. The Morgan fingerprint density at radius 2 is 1.82 bits per heavy atom. The smallest absolute Gasteiger partial charge is 0.269 e. The second-order valence-electron chi connectivity index (χ2n) is 6.36. The van der Waals surface area contributed by atoms with E-state index in [0.717, 1.165) is 21.1 Å². The SMILES string of the molecule is Cc1c(Br)c2ccccc2n1CC(=O)NNC(=O)c1ccc2c(c1)OCCO2. The van der Waals surface area contributed by atoms with Gasteiger partial charge in [-0.3, -0.25) is 20.4 Å². The first-order chi connectivity index (χ1) is 13.5. The topological polar surface area (TPSA) is 81.6 Å². The van der Waals surface area contributed by atoms with Crippen LogP contribution in [0.4, 0.5) is 0 Å². The molecule has 1 aliphatic heterocycles. The van der Waals surface area contributed by atoms with E-state index in [1.807, 2.05) is 35.8 Å². The molecule has 2 N–H and O–H groups in total. The standard InChI is InChI=1S/C20H18BrN3O4/c1-12-19(21)14-4-2-3-5-15(14)24(12)11-18(25)22-23-20(26)13-6-7-16-17(10-13)28-9-8-27-16/h2-7,10H,8-9,11H2,1H3,(H,22,25)(H,23,26). The fourth-order valence-corrected chi connectivity index (χ4v) is 3.71. The van der Waals surface area contributed by atoms with Gasteiger partial charge in [-0.25, -0.2) is 0 Å². The number of nitrogens with one attached hydrogen (secondary N) is 2. The Morgan fingerprint density at radius 3 is 2.64 bits per heavy atom. The van der Waals surface area contributed by atoms with E-state index in [4.69, 9.17) is 9.47 Å². The zero-order chi connectivity index (χ0) is 19.7. The van der Waals surface area contributed by atoms with Crippen LogP contribution in [0, 0.1) is 6.92 Å². The predicted octanol–water partition coefficient (Wildman–Crippen LogP) is 2.94. The van der Waals surface area contributed by atoms with E-state index in [1.165, 1.54) is 0 Å². The van der Waals surface area contributed by atoms with E-state index in [1.54, 1.807) is 18.2 Å². The van der Waals surface area contributed by atoms with Crippen molar-refractivity contribution in [2.45, 2.75) is 13.5 Å². The fraction of sp³-hybridized carbons (Fsp3) is 0.200. The zero-order valence-electron chi connectivity index (χ0n) is 15.1. The van der Waals surface area contributed by atoms with Crippen LogP contribution in [0.25, 0.3) is 10.9 Å². The fourth-order valence-electron chi connectivity index (χ4n) is 3.16. The molecule has 1 aliphatic rings. The van der Waals surface area contributed by atoms with Crippen LogP contribution in [-0.4, -0.2) is 29.6 Å². The molecule has 0 saturated carbocycles. The maximum atomic E-state index is 12.4. The lowest BCUT2D eigenvalue weighted by Crippen LogP contribution is -2.43. The number of hydrazine groups is 1. The van der Waals surface area contributed by atoms with Crippen molar-refractivity contribution < 1.29 is 19.1 Å². The summed E-state index contributed by atoms with van der Waals surface area (Å²) >= 11 is 3.57. The largest absolute Gasteiger partial charge is 0.486 e. The number of benzene rings is 2. The van der Waals surface area contributed by atoms with Gasteiger partial charge in [-0.15, -0.1) is 0 Å². The van der Waals surface area contributed by atoms with Crippen molar-refractivity contribution in [3.05, 3.63) is 58.2 Å². The number of aromatic nitrogens is 1. The number of hydrogen-bond acceptors (Lipinski definition) is 4. The van der Waals surface area contributed by atoms with Gasteiger partial charge >= 0.3 is 0 Å². The normalized spacial score (nSPS) is 12.6. The summed E-state index contributed by atoms with van der Waals surface area (Å²) in [6.07, 6.45) is 0. The average Bonchev–Trinajstić information content (AvgIpc) is 2.96. The van der Waals surface area contributed by atoms with Gasteiger partial charge in [0.05, 0.1) is 0 Å². The van der Waals surface area contributed by atoms with Crippen LogP contribution >= 0.6 is 15.9 Å². The second-order valence-corrected chi connectivity index (χ2v) is 7.16. The van der Waals surface area contributed by atoms with Crippen LogP contribution in [0.5, 0.6) is 11.5 Å². The van der Waals surface area contributed by atoms with E-state index in [2.05, 4.69) is 26.8 Å². The Kier molecular flexibility index (Phi) is 4.95. The number of ether oxygens (including phenoxy) is 2. The first-order valence-corrected chi connectivity index (χ1v) is 9.56. The highest BCUT2D eigenvalue weighted by atomic mass is 79.9. The third-order valence-corrected chi connectivity index (χ3v) is 5.58. The number of para-hydroxylation sites is 1. The number of carbonyl (C=O) groups excluding carboxylic acids is 2. The zero-order valence-corrected chi connectivity index (χ0v) is 16.7. The minimum Gasteiger partial charge on any atom is -0.486 e. The molecule has 8 heteroatoms. The minimum atomic E-state index is -0.430. The number of fused-ring (bicyclic) bond motifs is 2. The molecular formula is C20H18BrN3O4. The molecular weight excluding hydrogens is 426 g/mol. The molecule has 4 rings (SSSR count). The Labute approximate surface area is 169 Å². The number of hydrogen-bond donors (Lipinski definition) is 2. The van der Waals surface area contributed by atoms with E-state index in [9.17, 15) is 9.59 Å². The highest BCUT2D eigenvalue weighted by Gasteiger charge is 2.17. The summed E-state index contributed by atoms with van der Waals surface area (Å²) in [5.74, 6) is 0.361. The summed E-state index contributed by atoms with van der Waals surface area (Å²) in [5, 5.41) is 1.04. The summed E-state index contributed by atoms with van der Waals surface area (Å²) < 4.78 is 13.8. The van der Waals surface area contributed by atoms with Gasteiger partial charge in [0.1, 0.15) is 19.8 Å². The maximum absolute atomic E-state index is 12.4. The monoisotopic (exact) mass is 443 g/mol. The molecule has 1 aromatic heterocycles. The molecule has 0 radical (unpaired) electrons. The summed E-state index contributed by atoms with van der Waals surface area (Å²) in [6, 6.07) is 12.7. The van der Waals surface area contributed by atoms with Crippen LogP contribution in [-0.2, 0) is 11.3 Å². The molecule has 0 aliphatic carbocycles. The highest BCUT2D eigenvalue weighted by molar-refractivity contribution is 9.10. The molecule has 0 fully saturated rings. The predicted molar refractivity (Wildman–Crippen MR) is 107 cm³/mol. The lowest BCUT2D eigenvalue weighted by atomic mass is 10.2. The van der Waals surface area contributed by atoms with Crippen molar-refractivity contribution in [3.63, 3.8) is 0 Å². The third-order valence-electron chi connectivity index (χ3n) is 4.58. The van der Waals surface area contributed by atoms with Crippen molar-refractivity contribution >= 4 is 38.6 Å². The molecule has 0 spiro atoms. The van der Waals surface area contributed by atoms with Gasteiger partial charge in [-0.1, -0.05) is 18.2 Å². The highest BCUT2D eigenvalue weighted by Crippen LogP contribution is 2.31. The van der Waals surface area contributed by atoms with Gasteiger partial charge < -0.3 is 14.0 Å². The van der Waals surface area contributed by atoms with Gasteiger partial charge in [0.25, 0.3) is 11.8 Å². The molecule has 2 heterocycles. The number of rotatable bonds is 3. The van der Waals surface area contributed by atoms with Gasteiger partial charge in [-0.05, 0) is 47.1 Å². The van der Waals surface area contributed by atoms with E-state index < -0.39 is 5.91 Å². The number of carbonyl (C=O) groups is 2.